The molecule has 1 heterocycles. The fourth-order valence-electron chi connectivity index (χ4n) is 1.74. The molecule has 0 aliphatic carbocycles. The summed E-state index contributed by atoms with van der Waals surface area (Å²) in [6.07, 6.45) is 0. The summed E-state index contributed by atoms with van der Waals surface area (Å²) in [7, 11) is 0. The van der Waals surface area contributed by atoms with E-state index in [0.29, 0.717) is 16.0 Å². The molecule has 0 aliphatic rings. The molecule has 0 aliphatic heterocycles. The monoisotopic (exact) mass is 314 g/mol. The summed E-state index contributed by atoms with van der Waals surface area (Å²) >= 11 is 13.9. The second kappa shape index (κ2) is 6.71. The molecule has 1 N–H and O–H groups in total. The van der Waals surface area contributed by atoms with E-state index in [1.54, 1.807) is 0 Å². The highest BCUT2D eigenvalue weighted by Gasteiger charge is 2.12. The lowest BCUT2D eigenvalue weighted by Crippen LogP contribution is -2.18. The molecule has 0 bridgehead atoms. The SMILES string of the molecule is CC(C)CNCc1cc(-c2c(Cl)cccc2Cl)ns1. The van der Waals surface area contributed by atoms with Gasteiger partial charge in [0.05, 0.1) is 15.7 Å². The lowest BCUT2D eigenvalue weighted by atomic mass is 10.1. The van der Waals surface area contributed by atoms with Crippen molar-refractivity contribution in [1.82, 2.24) is 9.69 Å². The average molecular weight is 315 g/mol. The van der Waals surface area contributed by atoms with Crippen LogP contribution in [0.5, 0.6) is 0 Å². The first-order valence-corrected chi connectivity index (χ1v) is 7.71. The first-order chi connectivity index (χ1) is 9.08. The van der Waals surface area contributed by atoms with Crippen molar-refractivity contribution in [2.45, 2.75) is 20.4 Å². The zero-order valence-corrected chi connectivity index (χ0v) is 13.2. The summed E-state index contributed by atoms with van der Waals surface area (Å²) in [6.45, 7) is 6.21. The zero-order chi connectivity index (χ0) is 13.8. The number of hydrogen-bond donors (Lipinski definition) is 1. The maximum absolute atomic E-state index is 6.18. The third kappa shape index (κ3) is 3.93. The molecule has 102 valence electrons. The standard InChI is InChI=1S/C14H16Cl2N2S/c1-9(2)7-17-8-10-6-13(18-19-10)14-11(15)4-3-5-12(14)16/h3-6,9,17H,7-8H2,1-2H3. The maximum atomic E-state index is 6.18. The van der Waals surface area contributed by atoms with Gasteiger partial charge >= 0.3 is 0 Å². The Morgan fingerprint density at radius 3 is 2.58 bits per heavy atom. The Morgan fingerprint density at radius 2 is 1.95 bits per heavy atom. The van der Waals surface area contributed by atoms with Gasteiger partial charge in [0.15, 0.2) is 0 Å². The fraction of sp³-hybridized carbons (Fsp3) is 0.357. The van der Waals surface area contributed by atoms with Gasteiger partial charge in [-0.15, -0.1) is 0 Å². The third-order valence-electron chi connectivity index (χ3n) is 2.63. The number of aromatic nitrogens is 1. The highest BCUT2D eigenvalue weighted by molar-refractivity contribution is 7.06. The minimum atomic E-state index is 0.638. The second-order valence-corrected chi connectivity index (χ2v) is 6.50. The van der Waals surface area contributed by atoms with Crippen LogP contribution in [-0.4, -0.2) is 10.9 Å². The zero-order valence-electron chi connectivity index (χ0n) is 10.9. The molecular weight excluding hydrogens is 299 g/mol. The van der Waals surface area contributed by atoms with Gasteiger partial charge in [-0.05, 0) is 42.2 Å². The number of halogens is 2. The van der Waals surface area contributed by atoms with Crippen molar-refractivity contribution < 1.29 is 0 Å². The summed E-state index contributed by atoms with van der Waals surface area (Å²) in [5.74, 6) is 0.644. The van der Waals surface area contributed by atoms with Crippen LogP contribution in [0.2, 0.25) is 10.0 Å². The van der Waals surface area contributed by atoms with E-state index < -0.39 is 0 Å². The van der Waals surface area contributed by atoms with E-state index in [1.165, 1.54) is 16.4 Å². The lowest BCUT2D eigenvalue weighted by molar-refractivity contribution is 0.555. The van der Waals surface area contributed by atoms with Crippen molar-refractivity contribution in [3.63, 3.8) is 0 Å². The van der Waals surface area contributed by atoms with Crippen LogP contribution in [0.25, 0.3) is 11.3 Å². The van der Waals surface area contributed by atoms with E-state index in [1.807, 2.05) is 24.3 Å². The predicted octanol–water partition coefficient (Wildman–Crippen LogP) is 4.86. The van der Waals surface area contributed by atoms with E-state index in [2.05, 4.69) is 23.5 Å². The minimum absolute atomic E-state index is 0.638. The molecule has 0 amide bonds. The van der Waals surface area contributed by atoms with Gasteiger partial charge in [-0.1, -0.05) is 43.1 Å². The first-order valence-electron chi connectivity index (χ1n) is 6.18. The second-order valence-electron chi connectivity index (χ2n) is 4.80. The molecule has 0 saturated heterocycles. The van der Waals surface area contributed by atoms with Crippen molar-refractivity contribution in [3.8, 4) is 11.3 Å². The molecule has 19 heavy (non-hydrogen) atoms. The quantitative estimate of drug-likeness (QED) is 0.852. The Balaban J connectivity index is 2.12. The predicted molar refractivity (Wildman–Crippen MR) is 84.1 cm³/mol. The Kier molecular flexibility index (Phi) is 5.22. The summed E-state index contributed by atoms with van der Waals surface area (Å²) in [6, 6.07) is 7.55. The molecule has 0 radical (unpaired) electrons. The molecule has 2 aromatic rings. The molecule has 2 rings (SSSR count). The molecule has 1 aromatic carbocycles. The largest absolute Gasteiger partial charge is 0.312 e. The van der Waals surface area contributed by atoms with Crippen LogP contribution in [-0.2, 0) is 6.54 Å². The van der Waals surface area contributed by atoms with Crippen LogP contribution in [0.1, 0.15) is 18.7 Å². The highest BCUT2D eigenvalue weighted by Crippen LogP contribution is 2.34. The van der Waals surface area contributed by atoms with Crippen molar-refractivity contribution in [2.75, 3.05) is 6.54 Å². The van der Waals surface area contributed by atoms with Crippen molar-refractivity contribution >= 4 is 34.7 Å². The van der Waals surface area contributed by atoms with Gasteiger partial charge in [0, 0.05) is 17.0 Å². The van der Waals surface area contributed by atoms with Gasteiger partial charge in [-0.2, -0.15) is 4.37 Å². The number of benzene rings is 1. The molecule has 0 fully saturated rings. The van der Waals surface area contributed by atoms with Crippen molar-refractivity contribution in [1.29, 1.82) is 0 Å². The smallest absolute Gasteiger partial charge is 0.0874 e. The molecule has 5 heteroatoms. The summed E-state index contributed by atoms with van der Waals surface area (Å²) in [5, 5.41) is 4.68. The van der Waals surface area contributed by atoms with Gasteiger partial charge in [-0.25, -0.2) is 0 Å². The van der Waals surface area contributed by atoms with E-state index >= 15 is 0 Å². The van der Waals surface area contributed by atoms with Gasteiger partial charge in [0.1, 0.15) is 0 Å². The summed E-state index contributed by atoms with van der Waals surface area (Å²) in [5.41, 5.74) is 1.67. The van der Waals surface area contributed by atoms with E-state index in [9.17, 15) is 0 Å². The Bertz CT molecular complexity index is 532. The highest BCUT2D eigenvalue weighted by atomic mass is 35.5. The summed E-state index contributed by atoms with van der Waals surface area (Å²) < 4.78 is 4.44. The maximum Gasteiger partial charge on any atom is 0.0874 e. The van der Waals surface area contributed by atoms with E-state index in [0.717, 1.165) is 24.3 Å². The molecular formula is C14H16Cl2N2S. The molecule has 0 saturated carbocycles. The topological polar surface area (TPSA) is 24.9 Å². The molecule has 2 nitrogen and oxygen atoms in total. The van der Waals surface area contributed by atoms with Gasteiger partial charge in [-0.3, -0.25) is 0 Å². The number of rotatable bonds is 5. The van der Waals surface area contributed by atoms with Crippen LogP contribution < -0.4 is 5.32 Å². The number of hydrogen-bond acceptors (Lipinski definition) is 3. The average Bonchev–Trinajstić information content (AvgIpc) is 2.77. The third-order valence-corrected chi connectivity index (χ3v) is 4.04. The van der Waals surface area contributed by atoms with Gasteiger partial charge in [0.25, 0.3) is 0 Å². The van der Waals surface area contributed by atoms with Crippen LogP contribution in [0.15, 0.2) is 24.3 Å². The fourth-order valence-corrected chi connectivity index (χ4v) is 3.02. The minimum Gasteiger partial charge on any atom is -0.312 e. The van der Waals surface area contributed by atoms with Gasteiger partial charge < -0.3 is 5.32 Å². The Morgan fingerprint density at radius 1 is 1.26 bits per heavy atom. The lowest BCUT2D eigenvalue weighted by Gasteiger charge is -2.05. The van der Waals surface area contributed by atoms with E-state index in [-0.39, 0.29) is 0 Å². The molecule has 0 unspecified atom stereocenters. The van der Waals surface area contributed by atoms with Crippen LogP contribution in [0, 0.1) is 5.92 Å². The summed E-state index contributed by atoms with van der Waals surface area (Å²) in [4.78, 5) is 1.19. The van der Waals surface area contributed by atoms with E-state index in [4.69, 9.17) is 23.2 Å². The molecule has 1 aromatic heterocycles. The Labute approximate surface area is 127 Å². The number of nitrogens with zero attached hydrogens (tertiary/aromatic N) is 1. The van der Waals surface area contributed by atoms with Crippen LogP contribution >= 0.6 is 34.7 Å². The molecule has 0 atom stereocenters. The van der Waals surface area contributed by atoms with Crippen LogP contribution in [0.4, 0.5) is 0 Å². The number of nitrogens with one attached hydrogen (secondary N) is 1. The van der Waals surface area contributed by atoms with Crippen molar-refractivity contribution in [2.24, 2.45) is 5.92 Å². The Hall–Kier alpha value is -0.610. The van der Waals surface area contributed by atoms with Gasteiger partial charge in [0.2, 0.25) is 0 Å². The normalized spacial score (nSPS) is 11.2. The van der Waals surface area contributed by atoms with Crippen LogP contribution in [0.3, 0.4) is 0 Å². The first kappa shape index (κ1) is 14.8. The van der Waals surface area contributed by atoms with Crippen molar-refractivity contribution in [3.05, 3.63) is 39.2 Å². The molecule has 0 spiro atoms.